The quantitative estimate of drug-likeness (QED) is 0.608. The summed E-state index contributed by atoms with van der Waals surface area (Å²) in [4.78, 5) is 23.4. The van der Waals surface area contributed by atoms with E-state index in [9.17, 15) is 14.9 Å². The molecule has 1 aromatic heterocycles. The van der Waals surface area contributed by atoms with E-state index in [1.54, 1.807) is 31.4 Å². The highest BCUT2D eigenvalue weighted by Crippen LogP contribution is 2.21. The molecule has 1 unspecified atom stereocenters. The molecule has 8 nitrogen and oxygen atoms in total. The van der Waals surface area contributed by atoms with Crippen LogP contribution in [0.25, 0.3) is 0 Å². The fraction of sp³-hybridized carbons (Fsp3) is 0.250. The van der Waals surface area contributed by atoms with Crippen LogP contribution in [-0.4, -0.2) is 23.6 Å². The van der Waals surface area contributed by atoms with Crippen molar-refractivity contribution in [2.24, 2.45) is 0 Å². The Hall–Kier alpha value is -2.89. The van der Waals surface area contributed by atoms with E-state index < -0.39 is 10.5 Å². The van der Waals surface area contributed by atoms with Crippen LogP contribution in [0.3, 0.4) is 0 Å². The van der Waals surface area contributed by atoms with Crippen molar-refractivity contribution >= 4 is 17.3 Å². The van der Waals surface area contributed by atoms with Gasteiger partial charge in [0.25, 0.3) is 11.2 Å². The molecule has 0 saturated heterocycles. The summed E-state index contributed by atoms with van der Waals surface area (Å²) in [7, 11) is 3.37. The van der Waals surface area contributed by atoms with E-state index in [-0.39, 0.29) is 17.9 Å². The first-order valence-corrected chi connectivity index (χ1v) is 7.66. The van der Waals surface area contributed by atoms with E-state index in [2.05, 4.69) is 0 Å². The first-order chi connectivity index (χ1) is 11.8. The highest BCUT2D eigenvalue weighted by molar-refractivity contribution is 6.30. The van der Waals surface area contributed by atoms with Crippen molar-refractivity contribution in [1.29, 1.82) is 5.26 Å². The molecule has 130 valence electrons. The predicted octanol–water partition coefficient (Wildman–Crippen LogP) is 0.963. The number of pyridine rings is 1. The molecule has 0 aliphatic carbocycles. The maximum atomic E-state index is 12.2. The standard InChI is InChI=1S/C16H15ClN4O4/c1-19(8-12-5-13(17)3-4-15(12)25-2)10-20-9-14(21(23)24)6-11(7-18)16(20)22/h3-6,9H,8,10H2,1-2H3/p+1. The number of hydrogen-bond acceptors (Lipinski definition) is 5. The fourth-order valence-corrected chi connectivity index (χ4v) is 2.67. The largest absolute Gasteiger partial charge is 0.496 e. The van der Waals surface area contributed by atoms with Crippen LogP contribution < -0.4 is 15.2 Å². The first kappa shape index (κ1) is 18.4. The molecule has 2 aromatic rings. The van der Waals surface area contributed by atoms with Crippen LogP contribution >= 0.6 is 11.6 Å². The van der Waals surface area contributed by atoms with Crippen LogP contribution in [0.2, 0.25) is 5.02 Å². The van der Waals surface area contributed by atoms with Crippen LogP contribution in [0.1, 0.15) is 11.1 Å². The summed E-state index contributed by atoms with van der Waals surface area (Å²) in [6.45, 7) is 0.617. The molecule has 1 N–H and O–H groups in total. The van der Waals surface area contributed by atoms with Crippen LogP contribution in [-0.2, 0) is 13.2 Å². The van der Waals surface area contributed by atoms with Crippen molar-refractivity contribution in [1.82, 2.24) is 4.57 Å². The highest BCUT2D eigenvalue weighted by atomic mass is 35.5. The van der Waals surface area contributed by atoms with Gasteiger partial charge in [-0.1, -0.05) is 11.6 Å². The van der Waals surface area contributed by atoms with Gasteiger partial charge in [0.05, 0.1) is 25.3 Å². The zero-order valence-corrected chi connectivity index (χ0v) is 14.4. The van der Waals surface area contributed by atoms with Gasteiger partial charge in [-0.15, -0.1) is 0 Å². The van der Waals surface area contributed by atoms with Gasteiger partial charge in [-0.25, -0.2) is 0 Å². The Morgan fingerprint density at radius 1 is 1.44 bits per heavy atom. The molecule has 0 aliphatic heterocycles. The van der Waals surface area contributed by atoms with Crippen LogP contribution in [0.4, 0.5) is 5.69 Å². The van der Waals surface area contributed by atoms with Gasteiger partial charge in [-0.2, -0.15) is 5.26 Å². The Morgan fingerprint density at radius 2 is 2.16 bits per heavy atom. The summed E-state index contributed by atoms with van der Waals surface area (Å²) in [5, 5.41) is 20.5. The average Bonchev–Trinajstić information content (AvgIpc) is 2.56. The van der Waals surface area contributed by atoms with E-state index in [1.165, 1.54) is 4.57 Å². The summed E-state index contributed by atoms with van der Waals surface area (Å²) >= 11 is 6.01. The SMILES string of the molecule is COc1ccc(Cl)cc1C[NH+](C)Cn1cc([N+](=O)[O-])cc(C#N)c1=O. The molecule has 0 bridgehead atoms. The second-order valence-electron chi connectivity index (χ2n) is 5.50. The molecule has 0 radical (unpaired) electrons. The third-order valence-corrected chi connectivity index (χ3v) is 3.81. The van der Waals surface area contributed by atoms with E-state index in [4.69, 9.17) is 21.6 Å². The molecule has 0 spiro atoms. The van der Waals surface area contributed by atoms with Gasteiger partial charge < -0.3 is 9.64 Å². The Balaban J connectivity index is 2.29. The van der Waals surface area contributed by atoms with Crippen LogP contribution in [0.15, 0.2) is 35.3 Å². The number of nitriles is 1. The van der Waals surface area contributed by atoms with Crippen LogP contribution in [0, 0.1) is 21.4 Å². The van der Waals surface area contributed by atoms with Crippen LogP contribution in [0.5, 0.6) is 5.75 Å². The van der Waals surface area contributed by atoms with Gasteiger partial charge in [-0.3, -0.25) is 19.5 Å². The fourth-order valence-electron chi connectivity index (χ4n) is 2.47. The zero-order valence-electron chi connectivity index (χ0n) is 13.7. The Labute approximate surface area is 148 Å². The minimum Gasteiger partial charge on any atom is -0.496 e. The number of aromatic nitrogens is 1. The lowest BCUT2D eigenvalue weighted by atomic mass is 10.2. The molecule has 9 heteroatoms. The minimum atomic E-state index is -0.633. The molecule has 1 atom stereocenters. The van der Waals surface area contributed by atoms with Gasteiger partial charge in [0.1, 0.15) is 23.9 Å². The number of methoxy groups -OCH3 is 1. The number of nitro groups is 1. The smallest absolute Gasteiger partial charge is 0.287 e. The molecule has 0 amide bonds. The summed E-state index contributed by atoms with van der Waals surface area (Å²) in [6.07, 6.45) is 1.14. The molecule has 0 saturated carbocycles. The van der Waals surface area contributed by atoms with E-state index in [0.29, 0.717) is 17.3 Å². The lowest BCUT2D eigenvalue weighted by molar-refractivity contribution is -0.917. The van der Waals surface area contributed by atoms with Gasteiger partial charge in [0.2, 0.25) is 0 Å². The summed E-state index contributed by atoms with van der Waals surface area (Å²) < 4.78 is 6.46. The lowest BCUT2D eigenvalue weighted by Gasteiger charge is -2.17. The zero-order chi connectivity index (χ0) is 18.6. The van der Waals surface area contributed by atoms with Crippen molar-refractivity contribution in [2.45, 2.75) is 13.2 Å². The van der Waals surface area contributed by atoms with Gasteiger partial charge in [0, 0.05) is 16.7 Å². The Morgan fingerprint density at radius 3 is 2.76 bits per heavy atom. The van der Waals surface area contributed by atoms with E-state index in [0.717, 1.165) is 22.7 Å². The van der Waals surface area contributed by atoms with E-state index >= 15 is 0 Å². The summed E-state index contributed by atoms with van der Waals surface area (Å²) in [6, 6.07) is 7.90. The van der Waals surface area contributed by atoms with Crippen molar-refractivity contribution in [3.05, 3.63) is 67.1 Å². The minimum absolute atomic E-state index is 0.144. The summed E-state index contributed by atoms with van der Waals surface area (Å²) in [5.41, 5.74) is -0.288. The molecule has 25 heavy (non-hydrogen) atoms. The van der Waals surface area contributed by atoms with Crippen molar-refractivity contribution in [3.63, 3.8) is 0 Å². The number of rotatable bonds is 6. The van der Waals surface area contributed by atoms with E-state index in [1.807, 2.05) is 7.05 Å². The monoisotopic (exact) mass is 363 g/mol. The number of halogens is 1. The number of benzene rings is 1. The normalized spacial score (nSPS) is 11.6. The Bertz CT molecular complexity index is 904. The second kappa shape index (κ2) is 7.79. The molecule has 1 aromatic carbocycles. The molecule has 0 fully saturated rings. The predicted molar refractivity (Wildman–Crippen MR) is 90.7 cm³/mol. The first-order valence-electron chi connectivity index (χ1n) is 7.28. The molecule has 1 heterocycles. The number of quaternary nitrogens is 1. The molecule has 2 rings (SSSR count). The van der Waals surface area contributed by atoms with Crippen molar-refractivity contribution < 1.29 is 14.6 Å². The highest BCUT2D eigenvalue weighted by Gasteiger charge is 2.17. The van der Waals surface area contributed by atoms with Gasteiger partial charge in [0.15, 0.2) is 6.67 Å². The third kappa shape index (κ3) is 4.35. The van der Waals surface area contributed by atoms with Gasteiger partial charge >= 0.3 is 0 Å². The number of ether oxygens (including phenoxy) is 1. The van der Waals surface area contributed by atoms with Gasteiger partial charge in [-0.05, 0) is 18.2 Å². The maximum absolute atomic E-state index is 12.2. The number of nitrogens with zero attached hydrogens (tertiary/aromatic N) is 3. The maximum Gasteiger partial charge on any atom is 0.287 e. The lowest BCUT2D eigenvalue weighted by Crippen LogP contribution is -3.07. The Kier molecular flexibility index (Phi) is 5.75. The number of hydrogen-bond donors (Lipinski definition) is 1. The molecular weight excluding hydrogens is 348 g/mol. The van der Waals surface area contributed by atoms with Crippen molar-refractivity contribution in [2.75, 3.05) is 14.2 Å². The number of nitrogens with one attached hydrogen (secondary N) is 1. The molecule has 0 aliphatic rings. The molecular formula is C16H16ClN4O4+. The topological polar surface area (TPSA) is 103 Å². The third-order valence-electron chi connectivity index (χ3n) is 3.58. The average molecular weight is 364 g/mol. The second-order valence-corrected chi connectivity index (χ2v) is 5.94. The van der Waals surface area contributed by atoms with Crippen molar-refractivity contribution in [3.8, 4) is 11.8 Å². The summed E-state index contributed by atoms with van der Waals surface area (Å²) in [5.74, 6) is 0.660.